The number of hydrogen-bond acceptors (Lipinski definition) is 5. The van der Waals surface area contributed by atoms with Crippen LogP contribution >= 0.6 is 0 Å². The first-order valence-corrected chi connectivity index (χ1v) is 9.62. The molecular weight excluding hydrogens is 321 g/mol. The number of nitrogens with zero attached hydrogens (tertiary/aromatic N) is 1. The fourth-order valence-corrected chi connectivity index (χ4v) is 5.92. The second-order valence-electron chi connectivity index (χ2n) is 4.83. The maximum absolute atomic E-state index is 13.7. The van der Waals surface area contributed by atoms with Crippen LogP contribution in [0.4, 0.5) is 4.39 Å². The monoisotopic (exact) mass is 337 g/mol. The van der Waals surface area contributed by atoms with Crippen molar-refractivity contribution in [3.05, 3.63) is 30.1 Å². The molecule has 1 atom stereocenters. The van der Waals surface area contributed by atoms with Crippen molar-refractivity contribution >= 4 is 19.9 Å². The van der Waals surface area contributed by atoms with Gasteiger partial charge in [-0.2, -0.15) is 4.31 Å². The summed E-state index contributed by atoms with van der Waals surface area (Å²) in [5.74, 6) is -1.31. The molecule has 1 saturated heterocycles. The van der Waals surface area contributed by atoms with Crippen LogP contribution in [-0.4, -0.2) is 56.9 Å². The Morgan fingerprint density at radius 1 is 1.33 bits per heavy atom. The molecule has 0 spiro atoms. The van der Waals surface area contributed by atoms with Crippen molar-refractivity contribution in [3.63, 3.8) is 0 Å². The van der Waals surface area contributed by atoms with Crippen LogP contribution in [-0.2, 0) is 19.9 Å². The smallest absolute Gasteiger partial charge is 0.246 e. The van der Waals surface area contributed by atoms with Crippen LogP contribution in [0.15, 0.2) is 29.2 Å². The SMILES string of the molecule is O=S1(=O)CCC(N(CCO)S(=O)(=O)c2ccccc2F)C1. The first-order valence-electron chi connectivity index (χ1n) is 6.35. The van der Waals surface area contributed by atoms with Crippen LogP contribution in [0, 0.1) is 5.82 Å². The molecule has 9 heteroatoms. The summed E-state index contributed by atoms with van der Waals surface area (Å²) < 4.78 is 62.7. The van der Waals surface area contributed by atoms with Gasteiger partial charge in [0.05, 0.1) is 18.1 Å². The first kappa shape index (κ1) is 16.3. The van der Waals surface area contributed by atoms with Gasteiger partial charge in [-0.1, -0.05) is 12.1 Å². The number of aliphatic hydroxyl groups excluding tert-OH is 1. The van der Waals surface area contributed by atoms with Gasteiger partial charge in [0, 0.05) is 12.6 Å². The highest BCUT2D eigenvalue weighted by molar-refractivity contribution is 7.92. The Hall–Kier alpha value is -1.03. The van der Waals surface area contributed by atoms with Gasteiger partial charge in [-0.3, -0.25) is 0 Å². The predicted octanol–water partition coefficient (Wildman–Crippen LogP) is -0.00420. The van der Waals surface area contributed by atoms with Crippen LogP contribution in [0.1, 0.15) is 6.42 Å². The van der Waals surface area contributed by atoms with Crippen molar-refractivity contribution in [2.45, 2.75) is 17.4 Å². The molecule has 1 N–H and O–H groups in total. The molecule has 0 aromatic heterocycles. The molecule has 1 unspecified atom stereocenters. The maximum Gasteiger partial charge on any atom is 0.246 e. The average molecular weight is 337 g/mol. The quantitative estimate of drug-likeness (QED) is 0.816. The van der Waals surface area contributed by atoms with Crippen molar-refractivity contribution in [2.24, 2.45) is 0 Å². The van der Waals surface area contributed by atoms with Crippen molar-refractivity contribution in [1.82, 2.24) is 4.31 Å². The third-order valence-electron chi connectivity index (χ3n) is 3.36. The van der Waals surface area contributed by atoms with E-state index in [1.807, 2.05) is 0 Å². The number of rotatable bonds is 5. The van der Waals surface area contributed by atoms with E-state index < -0.39 is 43.2 Å². The minimum Gasteiger partial charge on any atom is -0.395 e. The van der Waals surface area contributed by atoms with Gasteiger partial charge in [-0.05, 0) is 18.6 Å². The highest BCUT2D eigenvalue weighted by Gasteiger charge is 2.39. The number of hydrogen-bond donors (Lipinski definition) is 1. The molecule has 1 aromatic carbocycles. The summed E-state index contributed by atoms with van der Waals surface area (Å²) in [6.07, 6.45) is 0.149. The van der Waals surface area contributed by atoms with E-state index in [0.717, 1.165) is 16.4 Å². The second-order valence-corrected chi connectivity index (χ2v) is 8.91. The van der Waals surface area contributed by atoms with Crippen LogP contribution in [0.5, 0.6) is 0 Å². The van der Waals surface area contributed by atoms with Crippen molar-refractivity contribution < 1.29 is 26.3 Å². The molecule has 1 aliphatic rings. The Morgan fingerprint density at radius 2 is 2.00 bits per heavy atom. The van der Waals surface area contributed by atoms with Gasteiger partial charge >= 0.3 is 0 Å². The lowest BCUT2D eigenvalue weighted by atomic mass is 10.3. The van der Waals surface area contributed by atoms with E-state index in [2.05, 4.69) is 0 Å². The molecular formula is C12H16FNO5S2. The zero-order valence-electron chi connectivity index (χ0n) is 11.1. The van der Waals surface area contributed by atoms with Crippen LogP contribution < -0.4 is 0 Å². The molecule has 0 radical (unpaired) electrons. The van der Waals surface area contributed by atoms with Gasteiger partial charge in [0.1, 0.15) is 10.7 Å². The zero-order chi connectivity index (χ0) is 15.7. The summed E-state index contributed by atoms with van der Waals surface area (Å²) in [6, 6.07) is 4.13. The number of sulfone groups is 1. The fraction of sp³-hybridized carbons (Fsp3) is 0.500. The highest BCUT2D eigenvalue weighted by atomic mass is 32.2. The Bertz CT molecular complexity index is 717. The lowest BCUT2D eigenvalue weighted by molar-refractivity contribution is 0.232. The molecule has 1 fully saturated rings. The van der Waals surface area contributed by atoms with E-state index in [-0.39, 0.29) is 24.5 Å². The summed E-state index contributed by atoms with van der Waals surface area (Å²) in [4.78, 5) is -0.511. The van der Waals surface area contributed by atoms with Gasteiger partial charge in [0.25, 0.3) is 0 Å². The van der Waals surface area contributed by atoms with Crippen LogP contribution in [0.3, 0.4) is 0 Å². The van der Waals surface area contributed by atoms with Gasteiger partial charge < -0.3 is 5.11 Å². The predicted molar refractivity (Wildman–Crippen MR) is 74.4 cm³/mol. The van der Waals surface area contributed by atoms with E-state index in [4.69, 9.17) is 5.11 Å². The van der Waals surface area contributed by atoms with Crippen LogP contribution in [0.25, 0.3) is 0 Å². The van der Waals surface area contributed by atoms with Crippen molar-refractivity contribution in [1.29, 1.82) is 0 Å². The molecule has 0 saturated carbocycles. The molecule has 6 nitrogen and oxygen atoms in total. The maximum atomic E-state index is 13.7. The molecule has 0 bridgehead atoms. The second kappa shape index (κ2) is 5.99. The topological polar surface area (TPSA) is 91.8 Å². The van der Waals surface area contributed by atoms with Crippen molar-refractivity contribution in [2.75, 3.05) is 24.7 Å². The summed E-state index contributed by atoms with van der Waals surface area (Å²) in [5, 5.41) is 9.06. The Balaban J connectivity index is 2.40. The summed E-state index contributed by atoms with van der Waals surface area (Å²) in [5.41, 5.74) is 0. The lowest BCUT2D eigenvalue weighted by Gasteiger charge is -2.26. The Morgan fingerprint density at radius 3 is 2.52 bits per heavy atom. The summed E-state index contributed by atoms with van der Waals surface area (Å²) >= 11 is 0. The number of aliphatic hydroxyl groups is 1. The lowest BCUT2D eigenvalue weighted by Crippen LogP contribution is -2.43. The summed E-state index contributed by atoms with van der Waals surface area (Å²) in [7, 11) is -7.49. The first-order chi connectivity index (χ1) is 9.78. The van der Waals surface area contributed by atoms with E-state index in [1.165, 1.54) is 12.1 Å². The number of benzene rings is 1. The van der Waals surface area contributed by atoms with E-state index >= 15 is 0 Å². The Kier molecular flexibility index (Phi) is 4.66. The normalized spacial score (nSPS) is 21.8. The molecule has 118 valence electrons. The van der Waals surface area contributed by atoms with Crippen molar-refractivity contribution in [3.8, 4) is 0 Å². The standard InChI is InChI=1S/C12H16FNO5S2/c13-11-3-1-2-4-12(11)21(18,19)14(6-7-15)10-5-8-20(16,17)9-10/h1-4,10,15H,5-9H2. The summed E-state index contributed by atoms with van der Waals surface area (Å²) in [6.45, 7) is -0.735. The molecule has 1 aromatic rings. The van der Waals surface area contributed by atoms with Gasteiger partial charge in [-0.15, -0.1) is 0 Å². The van der Waals surface area contributed by atoms with Gasteiger partial charge in [0.15, 0.2) is 9.84 Å². The minimum atomic E-state index is -4.19. The average Bonchev–Trinajstić information content (AvgIpc) is 2.76. The number of sulfonamides is 1. The molecule has 0 amide bonds. The minimum absolute atomic E-state index is 0.105. The Labute approximate surface area is 123 Å². The van der Waals surface area contributed by atoms with E-state index in [1.54, 1.807) is 0 Å². The molecule has 21 heavy (non-hydrogen) atoms. The van der Waals surface area contributed by atoms with E-state index in [0.29, 0.717) is 0 Å². The fourth-order valence-electron chi connectivity index (χ4n) is 2.38. The zero-order valence-corrected chi connectivity index (χ0v) is 12.8. The molecule has 1 heterocycles. The number of halogens is 1. The van der Waals surface area contributed by atoms with Crippen LogP contribution in [0.2, 0.25) is 0 Å². The molecule has 1 aliphatic heterocycles. The van der Waals surface area contributed by atoms with Gasteiger partial charge in [-0.25, -0.2) is 21.2 Å². The van der Waals surface area contributed by atoms with E-state index in [9.17, 15) is 21.2 Å². The third-order valence-corrected chi connectivity index (χ3v) is 7.09. The third kappa shape index (κ3) is 3.42. The van der Waals surface area contributed by atoms with Gasteiger partial charge in [0.2, 0.25) is 10.0 Å². The molecule has 2 rings (SSSR count). The highest BCUT2D eigenvalue weighted by Crippen LogP contribution is 2.26. The largest absolute Gasteiger partial charge is 0.395 e. The molecule has 0 aliphatic carbocycles.